The molecule has 0 bridgehead atoms. The van der Waals surface area contributed by atoms with Gasteiger partial charge in [0.05, 0.1) is 10.5 Å². The highest BCUT2D eigenvalue weighted by Gasteiger charge is 2.46. The lowest BCUT2D eigenvalue weighted by Crippen LogP contribution is -2.49. The van der Waals surface area contributed by atoms with Crippen molar-refractivity contribution in [3.8, 4) is 0 Å². The maximum Gasteiger partial charge on any atom is 0.263 e. The summed E-state index contributed by atoms with van der Waals surface area (Å²) in [5, 5.41) is 0. The Morgan fingerprint density at radius 1 is 1.31 bits per heavy atom. The second kappa shape index (κ2) is 7.61. The number of nitrogens with zero attached hydrogens (tertiary/aromatic N) is 1. The smallest absolute Gasteiger partial charge is 0.263 e. The minimum absolute atomic E-state index is 0.0129. The van der Waals surface area contributed by atoms with Gasteiger partial charge in [-0.25, -0.2) is 0 Å². The van der Waals surface area contributed by atoms with Gasteiger partial charge in [-0.3, -0.25) is 4.79 Å². The van der Waals surface area contributed by atoms with Crippen molar-refractivity contribution >= 4 is 17.2 Å². The molecular weight excluding hydrogens is 346 g/mol. The minimum Gasteiger partial charge on any atom is -0.381 e. The molecule has 1 unspecified atom stereocenters. The first-order chi connectivity index (χ1) is 12.6. The van der Waals surface area contributed by atoms with Gasteiger partial charge in [-0.2, -0.15) is 0 Å². The number of aryl methyl sites for hydroxylation is 2. The van der Waals surface area contributed by atoms with Crippen LogP contribution in [0.15, 0.2) is 6.07 Å². The normalized spacial score (nSPS) is 25.2. The molecule has 0 aromatic carbocycles. The van der Waals surface area contributed by atoms with Crippen molar-refractivity contribution in [2.24, 2.45) is 11.8 Å². The van der Waals surface area contributed by atoms with Gasteiger partial charge in [0, 0.05) is 37.8 Å². The molecule has 1 aromatic heterocycles. The molecule has 4 nitrogen and oxygen atoms in total. The Morgan fingerprint density at radius 2 is 2.08 bits per heavy atom. The van der Waals surface area contributed by atoms with E-state index >= 15 is 0 Å². The topological polar surface area (TPSA) is 38.8 Å². The van der Waals surface area contributed by atoms with Crippen LogP contribution in [0.5, 0.6) is 0 Å². The zero-order chi connectivity index (χ0) is 18.1. The van der Waals surface area contributed by atoms with E-state index in [1.807, 2.05) is 11.0 Å². The molecule has 1 atom stereocenters. The van der Waals surface area contributed by atoms with Crippen LogP contribution in [-0.2, 0) is 9.47 Å². The molecule has 3 heterocycles. The summed E-state index contributed by atoms with van der Waals surface area (Å²) in [4.78, 5) is 17.0. The lowest BCUT2D eigenvalue weighted by atomic mass is 9.78. The largest absolute Gasteiger partial charge is 0.381 e. The Balaban J connectivity index is 1.30. The Hall–Kier alpha value is -0.910. The molecule has 2 saturated heterocycles. The van der Waals surface area contributed by atoms with Crippen molar-refractivity contribution in [1.82, 2.24) is 4.90 Å². The standard InChI is InChI=1S/C21H31NO3S/c1-15-13-19(26-16(15)2)20(23)22-9-7-21(8-10-22)18(6-12-25-21)5-11-24-14-17-3-4-17/h13,17-18H,3-12,14H2,1-2H3. The summed E-state index contributed by atoms with van der Waals surface area (Å²) in [5.74, 6) is 1.62. The molecule has 144 valence electrons. The molecule has 1 amide bonds. The first kappa shape index (κ1) is 18.5. The van der Waals surface area contributed by atoms with Crippen molar-refractivity contribution in [3.63, 3.8) is 0 Å². The van der Waals surface area contributed by atoms with Crippen LogP contribution in [0, 0.1) is 25.7 Å². The zero-order valence-corrected chi connectivity index (χ0v) is 16.9. The van der Waals surface area contributed by atoms with E-state index in [2.05, 4.69) is 13.8 Å². The fraction of sp³-hybridized carbons (Fsp3) is 0.762. The van der Waals surface area contributed by atoms with Crippen molar-refractivity contribution in [2.75, 3.05) is 32.9 Å². The predicted molar refractivity (Wildman–Crippen MR) is 104 cm³/mol. The van der Waals surface area contributed by atoms with E-state index in [4.69, 9.17) is 9.47 Å². The summed E-state index contributed by atoms with van der Waals surface area (Å²) >= 11 is 1.62. The summed E-state index contributed by atoms with van der Waals surface area (Å²) in [6.07, 6.45) is 6.88. The van der Waals surface area contributed by atoms with E-state index in [1.165, 1.54) is 23.3 Å². The number of carbonyl (C=O) groups excluding carboxylic acids is 1. The number of amides is 1. The van der Waals surface area contributed by atoms with Gasteiger partial charge in [-0.1, -0.05) is 0 Å². The number of piperidine rings is 1. The number of likely N-dealkylation sites (tertiary alicyclic amines) is 1. The van der Waals surface area contributed by atoms with Crippen molar-refractivity contribution in [1.29, 1.82) is 0 Å². The highest BCUT2D eigenvalue weighted by Crippen LogP contribution is 2.42. The third kappa shape index (κ3) is 3.85. The Morgan fingerprint density at radius 3 is 2.73 bits per heavy atom. The number of carbonyl (C=O) groups is 1. The van der Waals surface area contributed by atoms with Gasteiger partial charge in [-0.05, 0) is 75.8 Å². The molecule has 1 aliphatic carbocycles. The molecule has 5 heteroatoms. The molecule has 1 spiro atoms. The third-order valence-corrected chi connectivity index (χ3v) is 7.68. The van der Waals surface area contributed by atoms with Gasteiger partial charge in [-0.15, -0.1) is 11.3 Å². The first-order valence-corrected chi connectivity index (χ1v) is 11.0. The average molecular weight is 378 g/mol. The molecule has 4 rings (SSSR count). The predicted octanol–water partition coefficient (Wildman–Crippen LogP) is 4.19. The molecular formula is C21H31NO3S. The van der Waals surface area contributed by atoms with Gasteiger partial charge < -0.3 is 14.4 Å². The molecule has 3 fully saturated rings. The number of thiophene rings is 1. The van der Waals surface area contributed by atoms with E-state index in [0.29, 0.717) is 5.92 Å². The Bertz CT molecular complexity index is 624. The molecule has 0 radical (unpaired) electrons. The molecule has 26 heavy (non-hydrogen) atoms. The van der Waals surface area contributed by atoms with Crippen LogP contribution in [0.3, 0.4) is 0 Å². The van der Waals surface area contributed by atoms with E-state index in [1.54, 1.807) is 11.3 Å². The average Bonchev–Trinajstić information content (AvgIpc) is 3.31. The van der Waals surface area contributed by atoms with Crippen LogP contribution in [0.1, 0.15) is 58.6 Å². The molecule has 1 aromatic rings. The van der Waals surface area contributed by atoms with Gasteiger partial charge in [0.1, 0.15) is 0 Å². The Labute approximate surface area is 160 Å². The molecule has 1 saturated carbocycles. The number of hydrogen-bond acceptors (Lipinski definition) is 4. The lowest BCUT2D eigenvalue weighted by Gasteiger charge is -2.42. The fourth-order valence-corrected chi connectivity index (χ4v) is 5.43. The summed E-state index contributed by atoms with van der Waals surface area (Å²) in [6, 6.07) is 2.04. The maximum absolute atomic E-state index is 12.8. The molecule has 3 aliphatic rings. The van der Waals surface area contributed by atoms with E-state index < -0.39 is 0 Å². The highest BCUT2D eigenvalue weighted by atomic mass is 32.1. The first-order valence-electron chi connectivity index (χ1n) is 10.2. The summed E-state index contributed by atoms with van der Waals surface area (Å²) in [6.45, 7) is 8.47. The number of rotatable bonds is 6. The van der Waals surface area contributed by atoms with Crippen molar-refractivity contribution in [2.45, 2.75) is 58.0 Å². The lowest BCUT2D eigenvalue weighted by molar-refractivity contribution is -0.0672. The third-order valence-electron chi connectivity index (χ3n) is 6.53. The second-order valence-electron chi connectivity index (χ2n) is 8.35. The SMILES string of the molecule is Cc1cc(C(=O)N2CCC3(CC2)OCCC3CCOCC2CC2)sc1C. The highest BCUT2D eigenvalue weighted by molar-refractivity contribution is 7.14. The van der Waals surface area contributed by atoms with Gasteiger partial charge in [0.2, 0.25) is 0 Å². The van der Waals surface area contributed by atoms with E-state index in [0.717, 1.165) is 69.4 Å². The van der Waals surface area contributed by atoms with Crippen LogP contribution in [0.4, 0.5) is 0 Å². The van der Waals surface area contributed by atoms with Crippen LogP contribution in [0.2, 0.25) is 0 Å². The van der Waals surface area contributed by atoms with Crippen LogP contribution >= 0.6 is 11.3 Å². The molecule has 2 aliphatic heterocycles. The number of ether oxygens (including phenoxy) is 2. The summed E-state index contributed by atoms with van der Waals surface area (Å²) < 4.78 is 12.1. The van der Waals surface area contributed by atoms with E-state index in [-0.39, 0.29) is 11.5 Å². The van der Waals surface area contributed by atoms with Gasteiger partial charge in [0.15, 0.2) is 0 Å². The van der Waals surface area contributed by atoms with E-state index in [9.17, 15) is 4.79 Å². The Kier molecular flexibility index (Phi) is 5.40. The van der Waals surface area contributed by atoms with Gasteiger partial charge >= 0.3 is 0 Å². The fourth-order valence-electron chi connectivity index (χ4n) is 4.43. The number of hydrogen-bond donors (Lipinski definition) is 0. The second-order valence-corrected chi connectivity index (χ2v) is 9.60. The summed E-state index contributed by atoms with van der Waals surface area (Å²) in [5.41, 5.74) is 1.21. The minimum atomic E-state index is -0.0129. The molecule has 0 N–H and O–H groups in total. The van der Waals surface area contributed by atoms with Gasteiger partial charge in [0.25, 0.3) is 5.91 Å². The van der Waals surface area contributed by atoms with Crippen LogP contribution < -0.4 is 0 Å². The van der Waals surface area contributed by atoms with Crippen LogP contribution in [0.25, 0.3) is 0 Å². The monoisotopic (exact) mass is 377 g/mol. The zero-order valence-electron chi connectivity index (χ0n) is 16.1. The quantitative estimate of drug-likeness (QED) is 0.698. The van der Waals surface area contributed by atoms with Crippen molar-refractivity contribution < 1.29 is 14.3 Å². The summed E-state index contributed by atoms with van der Waals surface area (Å²) in [7, 11) is 0. The van der Waals surface area contributed by atoms with Crippen molar-refractivity contribution in [3.05, 3.63) is 21.4 Å². The van der Waals surface area contributed by atoms with Crippen LogP contribution in [-0.4, -0.2) is 49.3 Å². The maximum atomic E-state index is 12.8.